The second-order valence-corrected chi connectivity index (χ2v) is 4.13. The summed E-state index contributed by atoms with van der Waals surface area (Å²) >= 11 is 0. The van der Waals surface area contributed by atoms with Crippen LogP contribution in [-0.4, -0.2) is 4.98 Å². The smallest absolute Gasteiger partial charge is 0.0698 e. The lowest BCUT2D eigenvalue weighted by atomic mass is 10.1. The van der Waals surface area contributed by atoms with Crippen molar-refractivity contribution < 1.29 is 0 Å². The Morgan fingerprint density at radius 1 is 1.29 bits per heavy atom. The summed E-state index contributed by atoms with van der Waals surface area (Å²) in [7, 11) is 0. The van der Waals surface area contributed by atoms with E-state index in [0.717, 1.165) is 24.1 Å². The number of pyridine rings is 1. The Bertz CT molecular complexity index is 421. The summed E-state index contributed by atoms with van der Waals surface area (Å²) in [5.41, 5.74) is 4.52. The normalized spacial score (nSPS) is 12.1. The van der Waals surface area contributed by atoms with Gasteiger partial charge in [-0.1, -0.05) is 50.3 Å². The highest BCUT2D eigenvalue weighted by Gasteiger charge is 1.98. The minimum atomic E-state index is 0.983. The van der Waals surface area contributed by atoms with Gasteiger partial charge in [0.1, 0.15) is 0 Å². The first-order valence-corrected chi connectivity index (χ1v) is 6.16. The van der Waals surface area contributed by atoms with E-state index in [1.54, 1.807) is 0 Å². The van der Waals surface area contributed by atoms with Crippen LogP contribution < -0.4 is 0 Å². The topological polar surface area (TPSA) is 12.9 Å². The molecule has 1 rings (SSSR count). The second kappa shape index (κ2) is 6.85. The van der Waals surface area contributed by atoms with E-state index in [0.29, 0.717) is 0 Å². The van der Waals surface area contributed by atoms with Crippen LogP contribution in [0.3, 0.4) is 0 Å². The van der Waals surface area contributed by atoms with Crippen molar-refractivity contribution in [1.82, 2.24) is 4.98 Å². The van der Waals surface area contributed by atoms with Crippen molar-refractivity contribution in [3.63, 3.8) is 0 Å². The molecular weight excluding hydrogens is 206 g/mol. The van der Waals surface area contributed by atoms with Crippen LogP contribution in [0.5, 0.6) is 0 Å². The molecule has 0 fully saturated rings. The number of rotatable bonds is 5. The van der Waals surface area contributed by atoms with E-state index in [9.17, 15) is 0 Å². The maximum Gasteiger partial charge on any atom is 0.0698 e. The maximum absolute atomic E-state index is 4.45. The van der Waals surface area contributed by atoms with Crippen molar-refractivity contribution in [2.24, 2.45) is 0 Å². The summed E-state index contributed by atoms with van der Waals surface area (Å²) in [5.74, 6) is 0. The molecule has 90 valence electrons. The third kappa shape index (κ3) is 4.39. The van der Waals surface area contributed by atoms with Gasteiger partial charge in [0.15, 0.2) is 0 Å². The molecule has 0 saturated heterocycles. The first-order chi connectivity index (χ1) is 8.17. The fourth-order valence-corrected chi connectivity index (χ4v) is 1.44. The number of hydrogen-bond donors (Lipinski definition) is 0. The van der Waals surface area contributed by atoms with E-state index >= 15 is 0 Å². The molecule has 1 heterocycles. The minimum absolute atomic E-state index is 0.983. The van der Waals surface area contributed by atoms with Crippen molar-refractivity contribution in [1.29, 1.82) is 0 Å². The van der Waals surface area contributed by atoms with Gasteiger partial charge in [-0.25, -0.2) is 0 Å². The zero-order chi connectivity index (χ0) is 12.7. The summed E-state index contributed by atoms with van der Waals surface area (Å²) in [6, 6.07) is 4.16. The minimum Gasteiger partial charge on any atom is -0.256 e. The van der Waals surface area contributed by atoms with Gasteiger partial charge >= 0.3 is 0 Å². The summed E-state index contributed by atoms with van der Waals surface area (Å²) in [4.78, 5) is 4.45. The van der Waals surface area contributed by atoms with Gasteiger partial charge in [-0.05, 0) is 37.0 Å². The molecule has 1 aromatic heterocycles. The first-order valence-electron chi connectivity index (χ1n) is 6.16. The van der Waals surface area contributed by atoms with E-state index < -0.39 is 0 Å². The first kappa shape index (κ1) is 13.4. The van der Waals surface area contributed by atoms with E-state index in [4.69, 9.17) is 0 Å². The SMILES string of the molecule is C=C(/C=C\C(=C/CC)c1ccc(C)cn1)CC. The van der Waals surface area contributed by atoms with Crippen LogP contribution >= 0.6 is 0 Å². The summed E-state index contributed by atoms with van der Waals surface area (Å²) in [5, 5.41) is 0. The summed E-state index contributed by atoms with van der Waals surface area (Å²) in [6.45, 7) is 10.3. The van der Waals surface area contributed by atoms with Crippen LogP contribution in [0, 0.1) is 6.92 Å². The highest BCUT2D eigenvalue weighted by atomic mass is 14.7. The average molecular weight is 227 g/mol. The Labute approximate surface area is 105 Å². The molecule has 0 spiro atoms. The van der Waals surface area contributed by atoms with Crippen molar-refractivity contribution in [2.45, 2.75) is 33.6 Å². The molecule has 1 aromatic rings. The Balaban J connectivity index is 2.94. The highest BCUT2D eigenvalue weighted by molar-refractivity contribution is 5.72. The van der Waals surface area contributed by atoms with E-state index in [2.05, 4.69) is 62.7 Å². The third-order valence-electron chi connectivity index (χ3n) is 2.58. The third-order valence-corrected chi connectivity index (χ3v) is 2.58. The van der Waals surface area contributed by atoms with Gasteiger partial charge in [-0.15, -0.1) is 0 Å². The van der Waals surface area contributed by atoms with Crippen LogP contribution in [-0.2, 0) is 0 Å². The fraction of sp³-hybridized carbons (Fsp3) is 0.312. The Morgan fingerprint density at radius 3 is 2.59 bits per heavy atom. The molecular formula is C16H21N. The quantitative estimate of drug-likeness (QED) is 0.664. The Hall–Kier alpha value is -1.63. The zero-order valence-electron chi connectivity index (χ0n) is 11.0. The lowest BCUT2D eigenvalue weighted by Gasteiger charge is -2.02. The molecule has 0 aliphatic rings. The largest absolute Gasteiger partial charge is 0.256 e. The standard InChI is InChI=1S/C16H21N/c1-5-7-15(10-8-13(3)6-2)16-11-9-14(4)12-17-16/h7-12H,3,5-6H2,1-2,4H3/b10-8-,15-7+. The fourth-order valence-electron chi connectivity index (χ4n) is 1.44. The molecule has 0 atom stereocenters. The van der Waals surface area contributed by atoms with Gasteiger partial charge in [0, 0.05) is 6.20 Å². The molecule has 0 unspecified atom stereocenters. The lowest BCUT2D eigenvalue weighted by Crippen LogP contribution is -1.87. The van der Waals surface area contributed by atoms with Gasteiger partial charge in [0.2, 0.25) is 0 Å². The molecule has 1 heteroatoms. The average Bonchev–Trinajstić information content (AvgIpc) is 2.35. The van der Waals surface area contributed by atoms with E-state index in [1.807, 2.05) is 6.20 Å². The van der Waals surface area contributed by atoms with Gasteiger partial charge < -0.3 is 0 Å². The number of aryl methyl sites for hydroxylation is 1. The number of aromatic nitrogens is 1. The van der Waals surface area contributed by atoms with Crippen LogP contribution in [0.25, 0.3) is 5.57 Å². The molecule has 0 amide bonds. The molecule has 0 radical (unpaired) electrons. The summed E-state index contributed by atoms with van der Waals surface area (Å²) < 4.78 is 0. The number of nitrogens with zero attached hydrogens (tertiary/aromatic N) is 1. The molecule has 0 saturated carbocycles. The Kier molecular flexibility index (Phi) is 5.41. The maximum atomic E-state index is 4.45. The zero-order valence-corrected chi connectivity index (χ0v) is 11.0. The van der Waals surface area contributed by atoms with E-state index in [1.165, 1.54) is 11.1 Å². The molecule has 0 aromatic carbocycles. The summed E-state index contributed by atoms with van der Waals surface area (Å²) in [6.07, 6.45) is 10.3. The molecule has 0 bridgehead atoms. The van der Waals surface area contributed by atoms with Crippen molar-refractivity contribution in [3.8, 4) is 0 Å². The highest BCUT2D eigenvalue weighted by Crippen LogP contribution is 2.16. The van der Waals surface area contributed by atoms with Crippen LogP contribution in [0.4, 0.5) is 0 Å². The van der Waals surface area contributed by atoms with Gasteiger partial charge in [-0.2, -0.15) is 0 Å². The lowest BCUT2D eigenvalue weighted by molar-refractivity contribution is 1.16. The van der Waals surface area contributed by atoms with Crippen LogP contribution in [0.15, 0.2) is 48.7 Å². The van der Waals surface area contributed by atoms with Crippen molar-refractivity contribution >= 4 is 5.57 Å². The molecule has 0 aliphatic heterocycles. The second-order valence-electron chi connectivity index (χ2n) is 4.13. The van der Waals surface area contributed by atoms with Gasteiger partial charge in [0.25, 0.3) is 0 Å². The predicted octanol–water partition coefficient (Wildman–Crippen LogP) is 4.71. The van der Waals surface area contributed by atoms with Crippen LogP contribution in [0.2, 0.25) is 0 Å². The van der Waals surface area contributed by atoms with Crippen molar-refractivity contribution in [3.05, 3.63) is 60.0 Å². The van der Waals surface area contributed by atoms with Gasteiger partial charge in [0.05, 0.1) is 5.69 Å². The number of allylic oxidation sites excluding steroid dienone is 5. The van der Waals surface area contributed by atoms with Crippen LogP contribution in [0.1, 0.15) is 37.9 Å². The molecule has 17 heavy (non-hydrogen) atoms. The van der Waals surface area contributed by atoms with Crippen molar-refractivity contribution in [2.75, 3.05) is 0 Å². The predicted molar refractivity (Wildman–Crippen MR) is 75.8 cm³/mol. The molecule has 0 N–H and O–H groups in total. The molecule has 0 aliphatic carbocycles. The molecule has 1 nitrogen and oxygen atoms in total. The Morgan fingerprint density at radius 2 is 2.06 bits per heavy atom. The van der Waals surface area contributed by atoms with Gasteiger partial charge in [-0.3, -0.25) is 4.98 Å². The number of hydrogen-bond acceptors (Lipinski definition) is 1. The van der Waals surface area contributed by atoms with E-state index in [-0.39, 0.29) is 0 Å². The monoisotopic (exact) mass is 227 g/mol.